The van der Waals surface area contributed by atoms with E-state index in [0.717, 1.165) is 18.2 Å². The van der Waals surface area contributed by atoms with E-state index in [0.29, 0.717) is 29.2 Å². The summed E-state index contributed by atoms with van der Waals surface area (Å²) in [6.45, 7) is 6.28. The third-order valence-electron chi connectivity index (χ3n) is 5.79. The number of carbonyl (C=O) groups is 2. The number of nitrogens with zero attached hydrogens (tertiary/aromatic N) is 2. The average Bonchev–Trinajstić information content (AvgIpc) is 2.82. The van der Waals surface area contributed by atoms with Crippen molar-refractivity contribution in [3.8, 4) is 0 Å². The monoisotopic (exact) mass is 539 g/mol. The molecule has 0 aliphatic heterocycles. The molecule has 2 rings (SSSR count). The Morgan fingerprint density at radius 3 is 2.36 bits per heavy atom. The maximum absolute atomic E-state index is 13.4. The molecular formula is C26H35ClFN3O4S. The summed E-state index contributed by atoms with van der Waals surface area (Å²) < 4.78 is 39.7. The number of halogens is 2. The minimum atomic E-state index is -3.62. The molecule has 1 N–H and O–H groups in total. The fraction of sp³-hybridized carbons (Fsp3) is 0.462. The number of hydrogen-bond donors (Lipinski definition) is 1. The van der Waals surface area contributed by atoms with Gasteiger partial charge >= 0.3 is 0 Å². The fourth-order valence-electron chi connectivity index (χ4n) is 3.91. The molecule has 0 saturated carbocycles. The highest BCUT2D eigenvalue weighted by atomic mass is 35.5. The summed E-state index contributed by atoms with van der Waals surface area (Å²) in [7, 11) is -3.62. The number of aryl methyl sites for hydroxylation is 1. The van der Waals surface area contributed by atoms with Crippen molar-refractivity contribution in [1.82, 2.24) is 10.2 Å². The molecule has 0 spiro atoms. The zero-order chi connectivity index (χ0) is 26.9. The molecule has 0 bridgehead atoms. The molecule has 2 aromatic rings. The van der Waals surface area contributed by atoms with Crippen LogP contribution in [-0.2, 0) is 26.2 Å². The largest absolute Gasteiger partial charge is 0.354 e. The van der Waals surface area contributed by atoms with Crippen LogP contribution in [0.25, 0.3) is 0 Å². The Kier molecular flexibility index (Phi) is 11.2. The minimum absolute atomic E-state index is 0.0321. The molecule has 0 radical (unpaired) electrons. The van der Waals surface area contributed by atoms with E-state index in [1.165, 1.54) is 21.3 Å². The first-order chi connectivity index (χ1) is 17.0. The predicted octanol–water partition coefficient (Wildman–Crippen LogP) is 4.67. The van der Waals surface area contributed by atoms with Crippen LogP contribution in [0.3, 0.4) is 0 Å². The fourth-order valence-corrected chi connectivity index (χ4v) is 5.09. The molecule has 0 fully saturated rings. The van der Waals surface area contributed by atoms with Crippen LogP contribution in [-0.4, -0.2) is 50.5 Å². The summed E-state index contributed by atoms with van der Waals surface area (Å²) in [4.78, 5) is 27.7. The zero-order valence-corrected chi connectivity index (χ0v) is 22.8. The van der Waals surface area contributed by atoms with Crippen LogP contribution in [0.1, 0.15) is 50.7 Å². The molecule has 1 atom stereocenters. The maximum Gasteiger partial charge on any atom is 0.242 e. The van der Waals surface area contributed by atoms with Gasteiger partial charge in [0.2, 0.25) is 21.8 Å². The summed E-state index contributed by atoms with van der Waals surface area (Å²) in [6.07, 6.45) is 2.55. The third-order valence-corrected chi connectivity index (χ3v) is 7.21. The van der Waals surface area contributed by atoms with Crippen molar-refractivity contribution in [3.05, 3.63) is 64.4 Å². The van der Waals surface area contributed by atoms with Crippen molar-refractivity contribution in [1.29, 1.82) is 0 Å². The second-order valence-corrected chi connectivity index (χ2v) is 11.1. The van der Waals surface area contributed by atoms with E-state index in [4.69, 9.17) is 11.6 Å². The van der Waals surface area contributed by atoms with E-state index in [-0.39, 0.29) is 43.6 Å². The highest BCUT2D eigenvalue weighted by molar-refractivity contribution is 7.92. The van der Waals surface area contributed by atoms with Crippen LogP contribution >= 0.6 is 11.6 Å². The normalized spacial score (nSPS) is 12.2. The lowest BCUT2D eigenvalue weighted by molar-refractivity contribution is -0.141. The SMILES string of the molecule is CCCNC(=O)[C@@H](CC)N(Cc1ccc(F)cc1)C(=O)CCCN(c1cc(Cl)ccc1C)S(C)(=O)=O. The Morgan fingerprint density at radius 1 is 1.11 bits per heavy atom. The first-order valence-corrected chi connectivity index (χ1v) is 14.3. The third kappa shape index (κ3) is 8.48. The van der Waals surface area contributed by atoms with Gasteiger partial charge in [-0.3, -0.25) is 13.9 Å². The van der Waals surface area contributed by atoms with Crippen molar-refractivity contribution in [2.45, 2.75) is 59.0 Å². The first-order valence-electron chi connectivity index (χ1n) is 12.0. The van der Waals surface area contributed by atoms with Gasteiger partial charge < -0.3 is 10.2 Å². The van der Waals surface area contributed by atoms with Crippen molar-refractivity contribution < 1.29 is 22.4 Å². The summed E-state index contributed by atoms with van der Waals surface area (Å²) in [5.74, 6) is -0.919. The molecule has 198 valence electrons. The number of rotatable bonds is 13. The van der Waals surface area contributed by atoms with E-state index < -0.39 is 16.1 Å². The predicted molar refractivity (Wildman–Crippen MR) is 142 cm³/mol. The van der Waals surface area contributed by atoms with Crippen molar-refractivity contribution in [3.63, 3.8) is 0 Å². The highest BCUT2D eigenvalue weighted by Crippen LogP contribution is 2.27. The molecule has 36 heavy (non-hydrogen) atoms. The van der Waals surface area contributed by atoms with E-state index in [1.54, 1.807) is 37.3 Å². The van der Waals surface area contributed by atoms with Gasteiger partial charge in [-0.1, -0.05) is 43.6 Å². The average molecular weight is 540 g/mol. The van der Waals surface area contributed by atoms with Crippen LogP contribution in [0.5, 0.6) is 0 Å². The number of benzene rings is 2. The maximum atomic E-state index is 13.4. The second kappa shape index (κ2) is 13.6. The Labute approximate surface area is 218 Å². The lowest BCUT2D eigenvalue weighted by Gasteiger charge is -2.31. The van der Waals surface area contributed by atoms with Crippen molar-refractivity contribution >= 4 is 39.1 Å². The second-order valence-electron chi connectivity index (χ2n) is 8.73. The molecule has 7 nitrogen and oxygen atoms in total. The molecule has 0 aliphatic rings. The van der Waals surface area contributed by atoms with Crippen molar-refractivity contribution in [2.75, 3.05) is 23.7 Å². The van der Waals surface area contributed by atoms with Crippen LogP contribution in [0.4, 0.5) is 10.1 Å². The van der Waals surface area contributed by atoms with Gasteiger partial charge in [0.05, 0.1) is 11.9 Å². The number of sulfonamides is 1. The smallest absolute Gasteiger partial charge is 0.242 e. The molecule has 2 amide bonds. The number of hydrogen-bond acceptors (Lipinski definition) is 4. The van der Waals surface area contributed by atoms with Gasteiger partial charge in [-0.05, 0) is 61.6 Å². The van der Waals surface area contributed by atoms with Gasteiger partial charge in [0.1, 0.15) is 11.9 Å². The Hall–Kier alpha value is -2.65. The lowest BCUT2D eigenvalue weighted by atomic mass is 10.1. The Balaban J connectivity index is 2.23. The summed E-state index contributed by atoms with van der Waals surface area (Å²) in [5.41, 5.74) is 1.90. The minimum Gasteiger partial charge on any atom is -0.354 e. The van der Waals surface area contributed by atoms with E-state index >= 15 is 0 Å². The highest BCUT2D eigenvalue weighted by Gasteiger charge is 2.29. The van der Waals surface area contributed by atoms with Crippen LogP contribution in [0.15, 0.2) is 42.5 Å². The summed E-state index contributed by atoms with van der Waals surface area (Å²) in [6, 6.07) is 10.1. The molecule has 10 heteroatoms. The van der Waals surface area contributed by atoms with Crippen molar-refractivity contribution in [2.24, 2.45) is 0 Å². The summed E-state index contributed by atoms with van der Waals surface area (Å²) >= 11 is 6.10. The quantitative estimate of drug-likeness (QED) is 0.401. The Bertz CT molecular complexity index is 1140. The molecule has 0 aromatic heterocycles. The number of carbonyl (C=O) groups excluding carboxylic acids is 2. The van der Waals surface area contributed by atoms with Crippen LogP contribution in [0.2, 0.25) is 5.02 Å². The summed E-state index contributed by atoms with van der Waals surface area (Å²) in [5, 5.41) is 3.26. The zero-order valence-electron chi connectivity index (χ0n) is 21.3. The topological polar surface area (TPSA) is 86.8 Å². The molecule has 0 heterocycles. The Morgan fingerprint density at radius 2 is 1.78 bits per heavy atom. The van der Waals surface area contributed by atoms with Gasteiger partial charge in [-0.2, -0.15) is 0 Å². The molecule has 2 aromatic carbocycles. The van der Waals surface area contributed by atoms with Gasteiger partial charge in [0.25, 0.3) is 0 Å². The number of amides is 2. The van der Waals surface area contributed by atoms with Crippen LogP contribution in [0, 0.1) is 12.7 Å². The van der Waals surface area contributed by atoms with E-state index in [2.05, 4.69) is 5.32 Å². The lowest BCUT2D eigenvalue weighted by Crippen LogP contribution is -2.49. The molecular weight excluding hydrogens is 505 g/mol. The van der Waals surface area contributed by atoms with E-state index in [9.17, 15) is 22.4 Å². The van der Waals surface area contributed by atoms with Gasteiger partial charge in [-0.25, -0.2) is 12.8 Å². The molecule has 0 unspecified atom stereocenters. The van der Waals surface area contributed by atoms with Gasteiger partial charge in [0.15, 0.2) is 0 Å². The van der Waals surface area contributed by atoms with Gasteiger partial charge in [-0.15, -0.1) is 0 Å². The van der Waals surface area contributed by atoms with Crippen LogP contribution < -0.4 is 9.62 Å². The standard InChI is InChI=1S/C26H35ClFN3O4S/c1-5-15-29-26(33)23(6-2)30(18-20-10-13-22(28)14-11-20)25(32)8-7-16-31(36(4,34)35)24-17-21(27)12-9-19(24)3/h9-14,17,23H,5-8,15-16,18H2,1-4H3,(H,29,33)/t23-/m1/s1. The molecule has 0 aliphatic carbocycles. The van der Waals surface area contributed by atoms with Gasteiger partial charge in [0, 0.05) is 31.1 Å². The number of anilines is 1. The van der Waals surface area contributed by atoms with E-state index in [1.807, 2.05) is 13.8 Å². The number of nitrogens with one attached hydrogen (secondary N) is 1. The first kappa shape index (κ1) is 29.6. The molecule has 0 saturated heterocycles.